The highest BCUT2D eigenvalue weighted by molar-refractivity contribution is 7.91. The minimum atomic E-state index is -3.81. The lowest BCUT2D eigenvalue weighted by molar-refractivity contribution is 0.567. The summed E-state index contributed by atoms with van der Waals surface area (Å²) in [6.45, 7) is 0.622. The zero-order chi connectivity index (χ0) is 23.9. The van der Waals surface area contributed by atoms with Crippen LogP contribution in [-0.2, 0) is 16.4 Å². The lowest BCUT2D eigenvalue weighted by Crippen LogP contribution is -2.39. The highest BCUT2D eigenvalue weighted by atomic mass is 35.5. The lowest BCUT2D eigenvalue weighted by Gasteiger charge is -2.26. The molecule has 0 aliphatic carbocycles. The maximum atomic E-state index is 15.2. The molecule has 0 fully saturated rings. The SMILES string of the molecule is N[C@@H]1CN(Cc2ccc(Cl)cc2)c2cc(-c3nnc(-c4ccccc4)o3)c(F)cc2S(=O)(=O)C1. The van der Waals surface area contributed by atoms with Crippen molar-refractivity contribution in [3.63, 3.8) is 0 Å². The van der Waals surface area contributed by atoms with Crippen LogP contribution < -0.4 is 10.6 Å². The Bertz CT molecular complexity index is 1440. The predicted octanol–water partition coefficient (Wildman–Crippen LogP) is 4.32. The van der Waals surface area contributed by atoms with E-state index in [0.717, 1.165) is 11.6 Å². The molecule has 1 aliphatic rings. The number of hydrogen-bond acceptors (Lipinski definition) is 7. The molecule has 0 saturated carbocycles. The summed E-state index contributed by atoms with van der Waals surface area (Å²) in [7, 11) is -3.81. The number of rotatable bonds is 4. The third-order valence-electron chi connectivity index (χ3n) is 5.58. The van der Waals surface area contributed by atoms with Gasteiger partial charge >= 0.3 is 0 Å². The van der Waals surface area contributed by atoms with E-state index in [1.165, 1.54) is 6.07 Å². The maximum absolute atomic E-state index is 15.2. The van der Waals surface area contributed by atoms with Gasteiger partial charge in [-0.25, -0.2) is 12.8 Å². The summed E-state index contributed by atoms with van der Waals surface area (Å²) >= 11 is 6.00. The lowest BCUT2D eigenvalue weighted by atomic mass is 10.1. The number of aromatic nitrogens is 2. The highest BCUT2D eigenvalue weighted by Crippen LogP contribution is 2.37. The molecular formula is C24H20ClFN4O3S. The van der Waals surface area contributed by atoms with Crippen molar-refractivity contribution in [1.29, 1.82) is 0 Å². The number of benzene rings is 3. The van der Waals surface area contributed by atoms with Crippen LogP contribution in [0.15, 0.2) is 76.0 Å². The fourth-order valence-electron chi connectivity index (χ4n) is 4.00. The number of halogens is 2. The minimum Gasteiger partial charge on any atom is -0.416 e. The average molecular weight is 499 g/mol. The molecular weight excluding hydrogens is 479 g/mol. The predicted molar refractivity (Wildman–Crippen MR) is 128 cm³/mol. The van der Waals surface area contributed by atoms with Crippen molar-refractivity contribution in [1.82, 2.24) is 10.2 Å². The van der Waals surface area contributed by atoms with E-state index >= 15 is 4.39 Å². The standard InChI is InChI=1S/C24H20ClFN4O3S/c25-17-8-6-15(7-9-17)12-30-13-18(27)14-34(31,32)22-11-20(26)19(10-21(22)30)24-29-28-23(33-24)16-4-2-1-3-5-16/h1-11,18H,12-14,27H2/t18-/m1/s1. The topological polar surface area (TPSA) is 102 Å². The zero-order valence-corrected chi connectivity index (χ0v) is 19.4. The number of nitrogens with two attached hydrogens (primary N) is 1. The normalized spacial score (nSPS) is 17.3. The van der Waals surface area contributed by atoms with Gasteiger partial charge in [0.25, 0.3) is 5.89 Å². The molecule has 4 aromatic rings. The van der Waals surface area contributed by atoms with E-state index in [9.17, 15) is 8.42 Å². The second-order valence-corrected chi connectivity index (χ2v) is 10.6. The number of fused-ring (bicyclic) bond motifs is 1. The zero-order valence-electron chi connectivity index (χ0n) is 17.9. The first kappa shape index (κ1) is 22.5. The Morgan fingerprint density at radius 2 is 1.76 bits per heavy atom. The molecule has 0 unspecified atom stereocenters. The fraction of sp³-hybridized carbons (Fsp3) is 0.167. The Hall–Kier alpha value is -3.27. The van der Waals surface area contributed by atoms with Crippen molar-refractivity contribution in [3.8, 4) is 22.9 Å². The smallest absolute Gasteiger partial charge is 0.251 e. The van der Waals surface area contributed by atoms with E-state index in [2.05, 4.69) is 10.2 Å². The number of nitrogens with zero attached hydrogens (tertiary/aromatic N) is 3. The molecule has 0 amide bonds. The second-order valence-electron chi connectivity index (χ2n) is 8.13. The van der Waals surface area contributed by atoms with Crippen LogP contribution in [0.25, 0.3) is 22.9 Å². The fourth-order valence-corrected chi connectivity index (χ4v) is 5.76. The summed E-state index contributed by atoms with van der Waals surface area (Å²) in [5.41, 5.74) is 8.07. The van der Waals surface area contributed by atoms with Crippen LogP contribution >= 0.6 is 11.6 Å². The van der Waals surface area contributed by atoms with Crippen molar-refractivity contribution in [3.05, 3.63) is 83.1 Å². The molecule has 2 N–H and O–H groups in total. The van der Waals surface area contributed by atoms with Gasteiger partial charge < -0.3 is 15.1 Å². The third kappa shape index (κ3) is 4.42. The summed E-state index contributed by atoms with van der Waals surface area (Å²) in [5, 5.41) is 8.62. The first-order valence-corrected chi connectivity index (χ1v) is 12.5. The third-order valence-corrected chi connectivity index (χ3v) is 7.69. The molecule has 34 heavy (non-hydrogen) atoms. The summed E-state index contributed by atoms with van der Waals surface area (Å²) in [4.78, 5) is 1.71. The van der Waals surface area contributed by atoms with Gasteiger partial charge in [0.05, 0.1) is 21.9 Å². The van der Waals surface area contributed by atoms with Crippen molar-refractivity contribution in [2.24, 2.45) is 5.73 Å². The monoisotopic (exact) mass is 498 g/mol. The first-order valence-electron chi connectivity index (χ1n) is 10.5. The van der Waals surface area contributed by atoms with Gasteiger partial charge in [0.2, 0.25) is 5.89 Å². The Morgan fingerprint density at radius 3 is 2.50 bits per heavy atom. The van der Waals surface area contributed by atoms with Gasteiger partial charge in [0, 0.05) is 29.7 Å². The van der Waals surface area contributed by atoms with E-state index in [0.29, 0.717) is 22.8 Å². The van der Waals surface area contributed by atoms with Crippen molar-refractivity contribution in [2.75, 3.05) is 17.2 Å². The van der Waals surface area contributed by atoms with Crippen LogP contribution in [0.1, 0.15) is 5.56 Å². The minimum absolute atomic E-state index is 0.0141. The van der Waals surface area contributed by atoms with Gasteiger partial charge in [-0.15, -0.1) is 10.2 Å². The van der Waals surface area contributed by atoms with Crippen molar-refractivity contribution < 1.29 is 17.2 Å². The Morgan fingerprint density at radius 1 is 1.06 bits per heavy atom. The van der Waals surface area contributed by atoms with E-state index in [1.54, 1.807) is 24.3 Å². The molecule has 174 valence electrons. The quantitative estimate of drug-likeness (QED) is 0.447. The summed E-state index contributed by atoms with van der Waals surface area (Å²) in [6.07, 6.45) is 0. The maximum Gasteiger partial charge on any atom is 0.251 e. The summed E-state index contributed by atoms with van der Waals surface area (Å²) < 4.78 is 46.9. The van der Waals surface area contributed by atoms with Crippen LogP contribution in [0.3, 0.4) is 0 Å². The largest absolute Gasteiger partial charge is 0.416 e. The van der Waals surface area contributed by atoms with Crippen LogP contribution in [0.2, 0.25) is 5.02 Å². The van der Waals surface area contributed by atoms with E-state index in [1.807, 2.05) is 35.2 Å². The molecule has 0 bridgehead atoms. The van der Waals surface area contributed by atoms with E-state index in [-0.39, 0.29) is 34.5 Å². The molecule has 0 spiro atoms. The van der Waals surface area contributed by atoms with Crippen LogP contribution in [0.4, 0.5) is 10.1 Å². The first-order chi connectivity index (χ1) is 16.3. The molecule has 0 radical (unpaired) electrons. The Balaban J connectivity index is 1.60. The van der Waals surface area contributed by atoms with Gasteiger partial charge in [-0.2, -0.15) is 0 Å². The molecule has 1 aliphatic heterocycles. The second kappa shape index (κ2) is 8.83. The Labute approximate surface area is 200 Å². The average Bonchev–Trinajstić information content (AvgIpc) is 3.27. The number of hydrogen-bond donors (Lipinski definition) is 1. The molecule has 1 atom stereocenters. The van der Waals surface area contributed by atoms with Gasteiger partial charge in [0.1, 0.15) is 5.82 Å². The van der Waals surface area contributed by atoms with E-state index in [4.69, 9.17) is 21.8 Å². The number of anilines is 1. The molecule has 5 rings (SSSR count). The molecule has 1 aromatic heterocycles. The van der Waals surface area contributed by atoms with Gasteiger partial charge in [-0.05, 0) is 42.0 Å². The van der Waals surface area contributed by atoms with Gasteiger partial charge in [-0.3, -0.25) is 0 Å². The molecule has 2 heterocycles. The Kier molecular flexibility index (Phi) is 5.85. The molecule has 7 nitrogen and oxygen atoms in total. The highest BCUT2D eigenvalue weighted by Gasteiger charge is 2.32. The van der Waals surface area contributed by atoms with Crippen molar-refractivity contribution >= 4 is 27.1 Å². The molecule has 3 aromatic carbocycles. The van der Waals surface area contributed by atoms with Gasteiger partial charge in [0.15, 0.2) is 9.84 Å². The van der Waals surface area contributed by atoms with Crippen LogP contribution in [0, 0.1) is 5.82 Å². The van der Waals surface area contributed by atoms with Crippen molar-refractivity contribution in [2.45, 2.75) is 17.5 Å². The summed E-state index contributed by atoms with van der Waals surface area (Å²) in [6, 6.07) is 18.1. The molecule has 10 heteroatoms. The van der Waals surface area contributed by atoms with Crippen LogP contribution in [-0.4, -0.2) is 37.0 Å². The van der Waals surface area contributed by atoms with Gasteiger partial charge in [-0.1, -0.05) is 41.9 Å². The van der Waals surface area contributed by atoms with E-state index < -0.39 is 21.7 Å². The molecule has 0 saturated heterocycles. The number of sulfone groups is 1. The van der Waals surface area contributed by atoms with Crippen LogP contribution in [0.5, 0.6) is 0 Å². The summed E-state index contributed by atoms with van der Waals surface area (Å²) in [5.74, 6) is -0.865.